The van der Waals surface area contributed by atoms with Gasteiger partial charge in [-0.1, -0.05) is 159 Å². The van der Waals surface area contributed by atoms with E-state index in [4.69, 9.17) is 9.47 Å². The SMILES string of the molecule is CCCCCCCCCCCCCOC(C)c1ccc(-c2ccc(OCCCCCCCCCC)cc2)cc1. The highest BCUT2D eigenvalue weighted by Gasteiger charge is 2.07. The van der Waals surface area contributed by atoms with Gasteiger partial charge in [0, 0.05) is 6.61 Å². The first-order valence-electron chi connectivity index (χ1n) is 16.7. The van der Waals surface area contributed by atoms with E-state index in [9.17, 15) is 0 Å². The highest BCUT2D eigenvalue weighted by atomic mass is 16.5. The summed E-state index contributed by atoms with van der Waals surface area (Å²) in [4.78, 5) is 0. The Balaban J connectivity index is 1.55. The summed E-state index contributed by atoms with van der Waals surface area (Å²) < 4.78 is 12.1. The molecule has 2 nitrogen and oxygen atoms in total. The Hall–Kier alpha value is -1.80. The molecule has 0 fully saturated rings. The van der Waals surface area contributed by atoms with Crippen LogP contribution in [0, 0.1) is 0 Å². The minimum Gasteiger partial charge on any atom is -0.494 e. The van der Waals surface area contributed by atoms with Gasteiger partial charge in [-0.05, 0) is 48.6 Å². The topological polar surface area (TPSA) is 18.5 Å². The predicted molar refractivity (Wildman–Crippen MR) is 171 cm³/mol. The Bertz CT molecular complexity index is 795. The zero-order chi connectivity index (χ0) is 27.8. The Morgan fingerprint density at radius 1 is 0.462 bits per heavy atom. The van der Waals surface area contributed by atoms with Gasteiger partial charge < -0.3 is 9.47 Å². The quantitative estimate of drug-likeness (QED) is 0.117. The van der Waals surface area contributed by atoms with Crippen molar-refractivity contribution in [3.05, 3.63) is 54.1 Å². The second-order valence-electron chi connectivity index (χ2n) is 11.5. The second kappa shape index (κ2) is 23.0. The summed E-state index contributed by atoms with van der Waals surface area (Å²) in [6.45, 7) is 8.42. The summed E-state index contributed by atoms with van der Waals surface area (Å²) in [5.41, 5.74) is 3.73. The van der Waals surface area contributed by atoms with Crippen molar-refractivity contribution in [2.24, 2.45) is 0 Å². The van der Waals surface area contributed by atoms with Gasteiger partial charge in [-0.15, -0.1) is 0 Å². The van der Waals surface area contributed by atoms with Gasteiger partial charge in [-0.3, -0.25) is 0 Å². The molecule has 39 heavy (non-hydrogen) atoms. The summed E-state index contributed by atoms with van der Waals surface area (Å²) in [6.07, 6.45) is 25.9. The van der Waals surface area contributed by atoms with Gasteiger partial charge in [0.25, 0.3) is 0 Å². The molecule has 0 aliphatic heterocycles. The van der Waals surface area contributed by atoms with Gasteiger partial charge in [0.1, 0.15) is 5.75 Å². The minimum atomic E-state index is 0.147. The molecule has 0 aliphatic rings. The maximum atomic E-state index is 6.14. The van der Waals surface area contributed by atoms with Crippen LogP contribution < -0.4 is 4.74 Å². The van der Waals surface area contributed by atoms with Crippen molar-refractivity contribution >= 4 is 0 Å². The molecule has 0 aromatic heterocycles. The Morgan fingerprint density at radius 3 is 1.31 bits per heavy atom. The van der Waals surface area contributed by atoms with Crippen LogP contribution in [-0.4, -0.2) is 13.2 Å². The maximum absolute atomic E-state index is 6.14. The van der Waals surface area contributed by atoms with Crippen molar-refractivity contribution in [1.82, 2.24) is 0 Å². The van der Waals surface area contributed by atoms with Crippen LogP contribution in [0.2, 0.25) is 0 Å². The zero-order valence-corrected chi connectivity index (χ0v) is 25.9. The lowest BCUT2D eigenvalue weighted by molar-refractivity contribution is 0.0627. The Labute approximate surface area is 242 Å². The molecule has 0 amide bonds. The fourth-order valence-electron chi connectivity index (χ4n) is 5.24. The van der Waals surface area contributed by atoms with Crippen LogP contribution in [0.25, 0.3) is 11.1 Å². The van der Waals surface area contributed by atoms with Gasteiger partial charge in [-0.2, -0.15) is 0 Å². The molecule has 1 atom stereocenters. The van der Waals surface area contributed by atoms with E-state index < -0.39 is 0 Å². The Kier molecular flexibility index (Phi) is 19.7. The van der Waals surface area contributed by atoms with E-state index in [2.05, 4.69) is 69.3 Å². The van der Waals surface area contributed by atoms with E-state index in [1.54, 1.807) is 0 Å². The summed E-state index contributed by atoms with van der Waals surface area (Å²) >= 11 is 0. The third kappa shape index (κ3) is 16.2. The van der Waals surface area contributed by atoms with Crippen molar-refractivity contribution in [3.8, 4) is 16.9 Å². The first-order valence-corrected chi connectivity index (χ1v) is 16.7. The number of hydrogen-bond donors (Lipinski definition) is 0. The Morgan fingerprint density at radius 2 is 0.846 bits per heavy atom. The second-order valence-corrected chi connectivity index (χ2v) is 11.5. The monoisotopic (exact) mass is 536 g/mol. The highest BCUT2D eigenvalue weighted by molar-refractivity contribution is 5.64. The van der Waals surface area contributed by atoms with E-state index in [0.717, 1.165) is 25.4 Å². The predicted octanol–water partition coefficient (Wildman–Crippen LogP) is 12.3. The van der Waals surface area contributed by atoms with E-state index >= 15 is 0 Å². The van der Waals surface area contributed by atoms with Crippen LogP contribution in [-0.2, 0) is 4.74 Å². The lowest BCUT2D eigenvalue weighted by Crippen LogP contribution is -2.01. The molecule has 2 aromatic carbocycles. The molecule has 0 N–H and O–H groups in total. The molecule has 0 saturated carbocycles. The molecule has 0 saturated heterocycles. The molecule has 0 heterocycles. The number of rotatable bonds is 25. The van der Waals surface area contributed by atoms with Crippen LogP contribution in [0.5, 0.6) is 5.75 Å². The van der Waals surface area contributed by atoms with Gasteiger partial charge in [0.05, 0.1) is 12.7 Å². The highest BCUT2D eigenvalue weighted by Crippen LogP contribution is 2.26. The molecule has 0 aliphatic carbocycles. The minimum absolute atomic E-state index is 0.147. The first kappa shape index (κ1) is 33.4. The molecule has 0 bridgehead atoms. The van der Waals surface area contributed by atoms with Crippen molar-refractivity contribution in [1.29, 1.82) is 0 Å². The molecule has 220 valence electrons. The van der Waals surface area contributed by atoms with Crippen LogP contribution in [0.4, 0.5) is 0 Å². The van der Waals surface area contributed by atoms with Crippen molar-refractivity contribution in [2.75, 3.05) is 13.2 Å². The summed E-state index contributed by atoms with van der Waals surface area (Å²) in [7, 11) is 0. The van der Waals surface area contributed by atoms with E-state index in [1.165, 1.54) is 132 Å². The average molecular weight is 537 g/mol. The largest absolute Gasteiger partial charge is 0.494 e. The third-order valence-electron chi connectivity index (χ3n) is 7.95. The maximum Gasteiger partial charge on any atom is 0.119 e. The van der Waals surface area contributed by atoms with Gasteiger partial charge in [0.15, 0.2) is 0 Å². The van der Waals surface area contributed by atoms with Gasteiger partial charge >= 0.3 is 0 Å². The number of unbranched alkanes of at least 4 members (excludes halogenated alkanes) is 17. The van der Waals surface area contributed by atoms with E-state index in [1.807, 2.05) is 0 Å². The summed E-state index contributed by atoms with van der Waals surface area (Å²) in [6, 6.07) is 17.4. The average Bonchev–Trinajstić information content (AvgIpc) is 2.97. The van der Waals surface area contributed by atoms with Gasteiger partial charge in [0.2, 0.25) is 0 Å². The van der Waals surface area contributed by atoms with Gasteiger partial charge in [-0.25, -0.2) is 0 Å². The summed E-state index contributed by atoms with van der Waals surface area (Å²) in [5, 5.41) is 0. The number of benzene rings is 2. The van der Waals surface area contributed by atoms with Crippen molar-refractivity contribution in [2.45, 2.75) is 149 Å². The molecule has 2 rings (SSSR count). The smallest absolute Gasteiger partial charge is 0.119 e. The molecular formula is C37H60O2. The third-order valence-corrected chi connectivity index (χ3v) is 7.95. The fraction of sp³-hybridized carbons (Fsp3) is 0.676. The van der Waals surface area contributed by atoms with Crippen molar-refractivity contribution in [3.63, 3.8) is 0 Å². The number of ether oxygens (including phenoxy) is 2. The normalized spacial score (nSPS) is 12.1. The van der Waals surface area contributed by atoms with Crippen LogP contribution in [0.15, 0.2) is 48.5 Å². The molecular weight excluding hydrogens is 476 g/mol. The van der Waals surface area contributed by atoms with Crippen LogP contribution in [0.1, 0.15) is 154 Å². The van der Waals surface area contributed by atoms with Crippen molar-refractivity contribution < 1.29 is 9.47 Å². The number of hydrogen-bond acceptors (Lipinski definition) is 2. The fourth-order valence-corrected chi connectivity index (χ4v) is 5.24. The van der Waals surface area contributed by atoms with E-state index in [-0.39, 0.29) is 6.10 Å². The lowest BCUT2D eigenvalue weighted by atomic mass is 10.0. The standard InChI is InChI=1S/C37H60O2/c1-4-6-8-10-12-14-15-16-18-19-21-31-38-33(3)34-23-25-35(26-24-34)36-27-29-37(30-28-36)39-32-22-20-17-13-11-9-7-5-2/h23-30,33H,4-22,31-32H2,1-3H3. The summed E-state index contributed by atoms with van der Waals surface area (Å²) in [5.74, 6) is 0.975. The molecule has 0 radical (unpaired) electrons. The zero-order valence-electron chi connectivity index (χ0n) is 25.9. The molecule has 2 heteroatoms. The first-order chi connectivity index (χ1) is 19.2. The molecule has 0 spiro atoms. The van der Waals surface area contributed by atoms with Crippen LogP contribution >= 0.6 is 0 Å². The lowest BCUT2D eigenvalue weighted by Gasteiger charge is -2.14. The van der Waals surface area contributed by atoms with E-state index in [0.29, 0.717) is 0 Å². The molecule has 2 aromatic rings. The molecule has 1 unspecified atom stereocenters. The van der Waals surface area contributed by atoms with Crippen LogP contribution in [0.3, 0.4) is 0 Å².